The van der Waals surface area contributed by atoms with Gasteiger partial charge in [0.15, 0.2) is 0 Å². The number of rotatable bonds is 4. The number of ether oxygens (including phenoxy) is 1. The zero-order valence-corrected chi connectivity index (χ0v) is 16.4. The van der Waals surface area contributed by atoms with Gasteiger partial charge in [0, 0.05) is 20.2 Å². The van der Waals surface area contributed by atoms with Crippen LogP contribution in [0.15, 0.2) is 42.5 Å². The van der Waals surface area contributed by atoms with E-state index in [9.17, 15) is 0 Å². The molecule has 0 radical (unpaired) electrons. The third kappa shape index (κ3) is 2.97. The van der Waals surface area contributed by atoms with Crippen molar-refractivity contribution in [3.8, 4) is 11.5 Å². The molecule has 142 valence electrons. The average Bonchev–Trinajstić information content (AvgIpc) is 2.62. The first-order valence-corrected chi connectivity index (χ1v) is 10.4. The van der Waals surface area contributed by atoms with Crippen LogP contribution >= 0.6 is 0 Å². The number of nitrogens with two attached hydrogens (primary N) is 1. The fourth-order valence-corrected chi connectivity index (χ4v) is 6.45. The summed E-state index contributed by atoms with van der Waals surface area (Å²) in [5.74, 6) is 4.66. The van der Waals surface area contributed by atoms with Crippen LogP contribution in [0.3, 0.4) is 0 Å². The van der Waals surface area contributed by atoms with E-state index in [1.807, 2.05) is 37.2 Å². The SMILES string of the molecule is CN(C)c1cc(Oc2ccc(C34CC5CC(CC(C5)C3)C4)cc2)ccc1N. The molecule has 2 aromatic carbocycles. The second kappa shape index (κ2) is 6.19. The van der Waals surface area contributed by atoms with Crippen molar-refractivity contribution in [2.24, 2.45) is 17.8 Å². The van der Waals surface area contributed by atoms with Gasteiger partial charge in [-0.1, -0.05) is 12.1 Å². The highest BCUT2D eigenvalue weighted by Crippen LogP contribution is 2.60. The smallest absolute Gasteiger partial charge is 0.129 e. The highest BCUT2D eigenvalue weighted by atomic mass is 16.5. The first kappa shape index (κ1) is 17.0. The summed E-state index contributed by atoms with van der Waals surface area (Å²) in [5, 5.41) is 0. The van der Waals surface area contributed by atoms with Crippen LogP contribution in [-0.2, 0) is 5.41 Å². The van der Waals surface area contributed by atoms with Gasteiger partial charge < -0.3 is 15.4 Å². The average molecular weight is 363 g/mol. The molecule has 0 unspecified atom stereocenters. The standard InChI is InChI=1S/C24H30N2O/c1-26(2)23-12-21(7-8-22(23)25)27-20-5-3-19(4-6-20)24-13-16-9-17(14-24)11-18(10-16)15-24/h3-8,12,16-18H,9-11,13-15,25H2,1-2H3. The Morgan fingerprint density at radius 1 is 0.852 bits per heavy atom. The van der Waals surface area contributed by atoms with Gasteiger partial charge in [0.25, 0.3) is 0 Å². The molecule has 0 aromatic heterocycles. The second-order valence-electron chi connectivity index (χ2n) is 9.44. The van der Waals surface area contributed by atoms with Gasteiger partial charge in [-0.25, -0.2) is 0 Å². The molecule has 27 heavy (non-hydrogen) atoms. The Hall–Kier alpha value is -2.16. The van der Waals surface area contributed by atoms with E-state index in [4.69, 9.17) is 10.5 Å². The summed E-state index contributed by atoms with van der Waals surface area (Å²) < 4.78 is 6.12. The van der Waals surface area contributed by atoms with E-state index in [0.29, 0.717) is 5.41 Å². The molecule has 6 rings (SSSR count). The van der Waals surface area contributed by atoms with E-state index < -0.39 is 0 Å². The minimum atomic E-state index is 0.451. The quantitative estimate of drug-likeness (QED) is 0.720. The number of hydrogen-bond acceptors (Lipinski definition) is 3. The van der Waals surface area contributed by atoms with Crippen LogP contribution in [0, 0.1) is 17.8 Å². The predicted octanol–water partition coefficient (Wildman–Crippen LogP) is 5.59. The number of nitrogens with zero attached hydrogens (tertiary/aromatic N) is 1. The van der Waals surface area contributed by atoms with Crippen LogP contribution in [0.2, 0.25) is 0 Å². The van der Waals surface area contributed by atoms with Gasteiger partial charge >= 0.3 is 0 Å². The molecule has 0 amide bonds. The molecule has 4 bridgehead atoms. The van der Waals surface area contributed by atoms with Gasteiger partial charge in [-0.05, 0) is 91.5 Å². The normalized spacial score (nSPS) is 31.1. The van der Waals surface area contributed by atoms with E-state index in [2.05, 4.69) is 24.3 Å². The van der Waals surface area contributed by atoms with Gasteiger partial charge in [-0.3, -0.25) is 0 Å². The lowest BCUT2D eigenvalue weighted by atomic mass is 9.48. The highest BCUT2D eigenvalue weighted by molar-refractivity contribution is 5.69. The Morgan fingerprint density at radius 2 is 1.41 bits per heavy atom. The van der Waals surface area contributed by atoms with Gasteiger partial charge in [0.2, 0.25) is 0 Å². The molecule has 2 N–H and O–H groups in total. The molecule has 3 heteroatoms. The highest BCUT2D eigenvalue weighted by Gasteiger charge is 2.51. The maximum atomic E-state index is 6.12. The molecule has 0 aliphatic heterocycles. The molecule has 0 saturated heterocycles. The van der Waals surface area contributed by atoms with Crippen molar-refractivity contribution in [1.82, 2.24) is 0 Å². The Bertz CT molecular complexity index is 805. The summed E-state index contributed by atoms with van der Waals surface area (Å²) in [6.07, 6.45) is 8.69. The molecule has 3 nitrogen and oxygen atoms in total. The van der Waals surface area contributed by atoms with E-state index in [1.54, 1.807) is 5.56 Å². The lowest BCUT2D eigenvalue weighted by Crippen LogP contribution is -2.48. The maximum absolute atomic E-state index is 6.12. The van der Waals surface area contributed by atoms with Crippen molar-refractivity contribution in [3.63, 3.8) is 0 Å². The molecule has 0 heterocycles. The van der Waals surface area contributed by atoms with Crippen molar-refractivity contribution in [2.75, 3.05) is 24.7 Å². The molecule has 0 atom stereocenters. The van der Waals surface area contributed by atoms with Crippen molar-refractivity contribution in [3.05, 3.63) is 48.0 Å². The zero-order chi connectivity index (χ0) is 18.6. The van der Waals surface area contributed by atoms with Gasteiger partial charge in [0.05, 0.1) is 11.4 Å². The monoisotopic (exact) mass is 362 g/mol. The number of hydrogen-bond donors (Lipinski definition) is 1. The Labute approximate surface area is 162 Å². The first-order valence-electron chi connectivity index (χ1n) is 10.4. The number of anilines is 2. The van der Waals surface area contributed by atoms with Gasteiger partial charge in [-0.2, -0.15) is 0 Å². The molecule has 4 aliphatic rings. The lowest BCUT2D eigenvalue weighted by Gasteiger charge is -2.57. The largest absolute Gasteiger partial charge is 0.457 e. The van der Waals surface area contributed by atoms with Crippen molar-refractivity contribution >= 4 is 11.4 Å². The molecule has 2 aromatic rings. The summed E-state index contributed by atoms with van der Waals surface area (Å²) in [4.78, 5) is 2.01. The number of benzene rings is 2. The van der Waals surface area contributed by atoms with Crippen LogP contribution in [-0.4, -0.2) is 14.1 Å². The minimum Gasteiger partial charge on any atom is -0.457 e. The van der Waals surface area contributed by atoms with Crippen LogP contribution in [0.25, 0.3) is 0 Å². The predicted molar refractivity (Wildman–Crippen MR) is 112 cm³/mol. The second-order valence-corrected chi connectivity index (χ2v) is 9.44. The lowest BCUT2D eigenvalue weighted by molar-refractivity contribution is -0.00519. The Balaban J connectivity index is 1.36. The topological polar surface area (TPSA) is 38.5 Å². The maximum Gasteiger partial charge on any atom is 0.129 e. The molecular formula is C24H30N2O. The summed E-state index contributed by atoms with van der Waals surface area (Å²) in [6.45, 7) is 0. The van der Waals surface area contributed by atoms with Crippen molar-refractivity contribution in [1.29, 1.82) is 0 Å². The Morgan fingerprint density at radius 3 is 1.96 bits per heavy atom. The summed E-state index contributed by atoms with van der Waals surface area (Å²) in [6, 6.07) is 14.8. The molecule has 4 fully saturated rings. The Kier molecular flexibility index (Phi) is 3.89. The van der Waals surface area contributed by atoms with Crippen LogP contribution in [0.5, 0.6) is 11.5 Å². The van der Waals surface area contributed by atoms with E-state index in [-0.39, 0.29) is 0 Å². The van der Waals surface area contributed by atoms with Gasteiger partial charge in [0.1, 0.15) is 11.5 Å². The molecule has 4 saturated carbocycles. The summed E-state index contributed by atoms with van der Waals surface area (Å²) >= 11 is 0. The van der Waals surface area contributed by atoms with E-state index in [0.717, 1.165) is 40.6 Å². The fourth-order valence-electron chi connectivity index (χ4n) is 6.45. The first-order chi connectivity index (χ1) is 13.0. The summed E-state index contributed by atoms with van der Waals surface area (Å²) in [7, 11) is 3.99. The molecule has 4 aliphatic carbocycles. The van der Waals surface area contributed by atoms with E-state index >= 15 is 0 Å². The number of nitrogen functional groups attached to an aromatic ring is 1. The van der Waals surface area contributed by atoms with Crippen LogP contribution < -0.4 is 15.4 Å². The zero-order valence-electron chi connectivity index (χ0n) is 16.4. The van der Waals surface area contributed by atoms with E-state index in [1.165, 1.54) is 38.5 Å². The third-order valence-electron chi connectivity index (χ3n) is 7.22. The van der Waals surface area contributed by atoms with Crippen molar-refractivity contribution in [2.45, 2.75) is 43.9 Å². The minimum absolute atomic E-state index is 0.451. The summed E-state index contributed by atoms with van der Waals surface area (Å²) in [5.41, 5.74) is 9.80. The van der Waals surface area contributed by atoms with Crippen LogP contribution in [0.4, 0.5) is 11.4 Å². The molecule has 0 spiro atoms. The van der Waals surface area contributed by atoms with Crippen molar-refractivity contribution < 1.29 is 4.74 Å². The third-order valence-corrected chi connectivity index (χ3v) is 7.22. The van der Waals surface area contributed by atoms with Gasteiger partial charge in [-0.15, -0.1) is 0 Å². The van der Waals surface area contributed by atoms with Crippen LogP contribution in [0.1, 0.15) is 44.1 Å². The fraction of sp³-hybridized carbons (Fsp3) is 0.500. The molecular weight excluding hydrogens is 332 g/mol.